The zero-order valence-corrected chi connectivity index (χ0v) is 10.5. The predicted octanol–water partition coefficient (Wildman–Crippen LogP) is 1.98. The molecule has 12 heavy (non-hydrogen) atoms. The van der Waals surface area contributed by atoms with Gasteiger partial charge in [0.1, 0.15) is 0 Å². The van der Waals surface area contributed by atoms with Gasteiger partial charge in [0, 0.05) is 17.9 Å². The zero-order valence-electron chi connectivity index (χ0n) is 8.06. The van der Waals surface area contributed by atoms with Crippen LogP contribution in [-0.2, 0) is 4.79 Å². The van der Waals surface area contributed by atoms with Crippen LogP contribution in [0.5, 0.6) is 0 Å². The lowest BCUT2D eigenvalue weighted by molar-refractivity contribution is -0.130. The minimum Gasteiger partial charge on any atom is -0.339 e. The first-order valence-corrected chi connectivity index (χ1v) is 6.29. The third-order valence-electron chi connectivity index (χ3n) is 1.88. The average Bonchev–Trinajstić information content (AvgIpc) is 2.03. The van der Waals surface area contributed by atoms with Crippen molar-refractivity contribution >= 4 is 33.6 Å². The summed E-state index contributed by atoms with van der Waals surface area (Å²) in [7, 11) is 1.85. The van der Waals surface area contributed by atoms with Crippen molar-refractivity contribution < 1.29 is 4.79 Å². The van der Waals surface area contributed by atoms with Crippen LogP contribution in [0.15, 0.2) is 0 Å². The molecule has 0 N–H and O–H groups in total. The second kappa shape index (κ2) is 5.12. The minimum absolute atomic E-state index is 0.0905. The van der Waals surface area contributed by atoms with Gasteiger partial charge in [0.15, 0.2) is 0 Å². The third-order valence-corrected chi connectivity index (χ3v) is 3.78. The Hall–Kier alpha value is 0.300. The van der Waals surface area contributed by atoms with E-state index >= 15 is 0 Å². The maximum atomic E-state index is 11.4. The van der Waals surface area contributed by atoms with Crippen molar-refractivity contribution in [3.05, 3.63) is 0 Å². The predicted molar refractivity (Wildman–Crippen MR) is 59.0 cm³/mol. The SMILES string of the molecule is CSCC(=O)N(C)C(C)(C)CBr. The van der Waals surface area contributed by atoms with Crippen molar-refractivity contribution in [1.82, 2.24) is 4.90 Å². The van der Waals surface area contributed by atoms with Crippen molar-refractivity contribution in [2.24, 2.45) is 0 Å². The maximum Gasteiger partial charge on any atom is 0.232 e. The van der Waals surface area contributed by atoms with Gasteiger partial charge in [-0.15, -0.1) is 0 Å². The summed E-state index contributed by atoms with van der Waals surface area (Å²) in [5.74, 6) is 0.749. The summed E-state index contributed by atoms with van der Waals surface area (Å²) in [6, 6.07) is 0. The fraction of sp³-hybridized carbons (Fsp3) is 0.875. The molecule has 0 radical (unpaired) electrons. The van der Waals surface area contributed by atoms with E-state index < -0.39 is 0 Å². The molecule has 0 unspecified atom stereocenters. The van der Waals surface area contributed by atoms with Gasteiger partial charge in [0.25, 0.3) is 0 Å². The molecule has 0 aliphatic carbocycles. The van der Waals surface area contributed by atoms with E-state index in [2.05, 4.69) is 15.9 Å². The number of hydrogen-bond donors (Lipinski definition) is 0. The molecule has 0 bridgehead atoms. The van der Waals surface area contributed by atoms with Crippen LogP contribution in [-0.4, -0.2) is 40.7 Å². The monoisotopic (exact) mass is 253 g/mol. The van der Waals surface area contributed by atoms with E-state index in [9.17, 15) is 4.79 Å². The largest absolute Gasteiger partial charge is 0.339 e. The fourth-order valence-electron chi connectivity index (χ4n) is 0.648. The smallest absolute Gasteiger partial charge is 0.232 e. The van der Waals surface area contributed by atoms with Crippen LogP contribution >= 0.6 is 27.7 Å². The van der Waals surface area contributed by atoms with Crippen LogP contribution in [0.4, 0.5) is 0 Å². The molecule has 0 saturated heterocycles. The summed E-state index contributed by atoms with van der Waals surface area (Å²) in [4.78, 5) is 13.2. The first-order chi connectivity index (χ1) is 5.45. The van der Waals surface area contributed by atoms with Crippen molar-refractivity contribution in [1.29, 1.82) is 0 Å². The molecule has 0 rings (SSSR count). The van der Waals surface area contributed by atoms with Gasteiger partial charge in [0.05, 0.1) is 5.75 Å². The number of carbonyl (C=O) groups is 1. The van der Waals surface area contributed by atoms with Gasteiger partial charge in [-0.2, -0.15) is 11.8 Å². The molecular weight excluding hydrogens is 238 g/mol. The van der Waals surface area contributed by atoms with Crippen LogP contribution in [0, 0.1) is 0 Å². The molecule has 0 fully saturated rings. The third kappa shape index (κ3) is 3.35. The van der Waals surface area contributed by atoms with Crippen LogP contribution in [0.2, 0.25) is 0 Å². The van der Waals surface area contributed by atoms with E-state index in [0.717, 1.165) is 5.33 Å². The molecule has 0 heterocycles. The van der Waals surface area contributed by atoms with Gasteiger partial charge in [-0.3, -0.25) is 4.79 Å². The van der Waals surface area contributed by atoms with Crippen LogP contribution in [0.25, 0.3) is 0 Å². The molecule has 0 aromatic heterocycles. The van der Waals surface area contributed by atoms with E-state index in [1.54, 1.807) is 16.7 Å². The normalized spacial score (nSPS) is 11.4. The quantitative estimate of drug-likeness (QED) is 0.715. The Morgan fingerprint density at radius 3 is 2.42 bits per heavy atom. The van der Waals surface area contributed by atoms with Crippen molar-refractivity contribution in [2.45, 2.75) is 19.4 Å². The summed E-state index contributed by atoms with van der Waals surface area (Å²) in [5, 5.41) is 0.802. The first kappa shape index (κ1) is 12.3. The van der Waals surface area contributed by atoms with E-state index in [1.807, 2.05) is 27.2 Å². The molecular formula is C8H16BrNOS. The highest BCUT2D eigenvalue weighted by Crippen LogP contribution is 2.16. The number of carbonyl (C=O) groups excluding carboxylic acids is 1. The molecule has 72 valence electrons. The Balaban J connectivity index is 4.17. The molecule has 0 saturated carbocycles. The Morgan fingerprint density at radius 1 is 1.58 bits per heavy atom. The Kier molecular flexibility index (Phi) is 5.25. The van der Waals surface area contributed by atoms with Crippen LogP contribution in [0.3, 0.4) is 0 Å². The highest BCUT2D eigenvalue weighted by Gasteiger charge is 2.25. The number of alkyl halides is 1. The van der Waals surface area contributed by atoms with Crippen molar-refractivity contribution in [3.8, 4) is 0 Å². The molecule has 1 amide bonds. The first-order valence-electron chi connectivity index (χ1n) is 3.77. The Bertz CT molecular complexity index is 161. The molecule has 0 spiro atoms. The second-order valence-corrected chi connectivity index (χ2v) is 4.76. The summed E-state index contributed by atoms with van der Waals surface area (Å²) < 4.78 is 0. The lowest BCUT2D eigenvalue weighted by atomic mass is 10.1. The van der Waals surface area contributed by atoms with Gasteiger partial charge < -0.3 is 4.90 Å². The minimum atomic E-state index is -0.0905. The van der Waals surface area contributed by atoms with Crippen molar-refractivity contribution in [2.75, 3.05) is 24.4 Å². The molecule has 0 aliphatic heterocycles. The maximum absolute atomic E-state index is 11.4. The highest BCUT2D eigenvalue weighted by atomic mass is 79.9. The molecule has 0 aromatic rings. The topological polar surface area (TPSA) is 20.3 Å². The van der Waals surface area contributed by atoms with E-state index in [0.29, 0.717) is 5.75 Å². The highest BCUT2D eigenvalue weighted by molar-refractivity contribution is 9.09. The molecule has 0 atom stereocenters. The Morgan fingerprint density at radius 2 is 2.08 bits per heavy atom. The summed E-state index contributed by atoms with van der Waals surface area (Å²) in [5.41, 5.74) is -0.0905. The number of thioether (sulfide) groups is 1. The molecule has 0 aliphatic rings. The Labute approximate surface area is 87.2 Å². The second-order valence-electron chi connectivity index (χ2n) is 3.33. The fourth-order valence-corrected chi connectivity index (χ4v) is 1.46. The average molecular weight is 254 g/mol. The molecule has 2 nitrogen and oxygen atoms in total. The number of hydrogen-bond acceptors (Lipinski definition) is 2. The number of halogens is 1. The number of nitrogens with zero attached hydrogens (tertiary/aromatic N) is 1. The number of rotatable bonds is 4. The lowest BCUT2D eigenvalue weighted by Crippen LogP contribution is -2.47. The van der Waals surface area contributed by atoms with E-state index in [1.165, 1.54) is 0 Å². The van der Waals surface area contributed by atoms with E-state index in [-0.39, 0.29) is 11.4 Å². The zero-order chi connectivity index (χ0) is 9.78. The lowest BCUT2D eigenvalue weighted by Gasteiger charge is -2.34. The van der Waals surface area contributed by atoms with Gasteiger partial charge in [0.2, 0.25) is 5.91 Å². The van der Waals surface area contributed by atoms with Gasteiger partial charge in [-0.1, -0.05) is 15.9 Å². The van der Waals surface area contributed by atoms with Crippen LogP contribution < -0.4 is 0 Å². The molecule has 4 heteroatoms. The van der Waals surface area contributed by atoms with E-state index in [4.69, 9.17) is 0 Å². The van der Waals surface area contributed by atoms with Gasteiger partial charge in [-0.25, -0.2) is 0 Å². The summed E-state index contributed by atoms with van der Waals surface area (Å²) in [6.45, 7) is 4.08. The van der Waals surface area contributed by atoms with Crippen LogP contribution in [0.1, 0.15) is 13.8 Å². The van der Waals surface area contributed by atoms with Gasteiger partial charge in [-0.05, 0) is 20.1 Å². The standard InChI is InChI=1S/C8H16BrNOS/c1-8(2,6-9)10(3)7(11)5-12-4/h5-6H2,1-4H3. The van der Waals surface area contributed by atoms with Gasteiger partial charge >= 0.3 is 0 Å². The number of amides is 1. The van der Waals surface area contributed by atoms with Crippen molar-refractivity contribution in [3.63, 3.8) is 0 Å². The summed E-state index contributed by atoms with van der Waals surface area (Å²) >= 11 is 4.95. The molecule has 0 aromatic carbocycles. The summed E-state index contributed by atoms with van der Waals surface area (Å²) in [6.07, 6.45) is 1.94.